The maximum atomic E-state index is 14.2. The quantitative estimate of drug-likeness (QED) is 0.195. The van der Waals surface area contributed by atoms with Gasteiger partial charge in [-0.15, -0.1) is 0 Å². The molecule has 5 aliphatic rings. The lowest BCUT2D eigenvalue weighted by Crippen LogP contribution is -2.56. The summed E-state index contributed by atoms with van der Waals surface area (Å²) in [4.78, 5) is 44.4. The zero-order valence-corrected chi connectivity index (χ0v) is 33.4. The number of fused-ring (bicyclic) bond motifs is 14. The number of ether oxygens (including phenoxy) is 3. The van der Waals surface area contributed by atoms with Crippen LogP contribution in [0.3, 0.4) is 0 Å². The minimum absolute atomic E-state index is 0.0174. The first-order valence-corrected chi connectivity index (χ1v) is 20.0. The number of likely N-dealkylation sites (N-methyl/N-ethyl adjacent to an activating group) is 2. The van der Waals surface area contributed by atoms with Gasteiger partial charge in [-0.25, -0.2) is 0 Å². The van der Waals surface area contributed by atoms with Gasteiger partial charge in [0.05, 0.1) is 38.7 Å². The lowest BCUT2D eigenvalue weighted by atomic mass is 9.64. The maximum Gasteiger partial charge on any atom is 0.302 e. The molecular weight excluding hydrogens is 693 g/mol. The van der Waals surface area contributed by atoms with Gasteiger partial charge in [-0.3, -0.25) is 24.2 Å². The Labute approximate surface area is 323 Å². The highest BCUT2D eigenvalue weighted by atomic mass is 16.5. The molecule has 0 saturated carbocycles. The predicted molar refractivity (Wildman–Crippen MR) is 211 cm³/mol. The number of rotatable bonds is 8. The number of para-hydroxylation sites is 1. The first kappa shape index (κ1) is 36.2. The van der Waals surface area contributed by atoms with E-state index in [2.05, 4.69) is 83.5 Å². The lowest BCUT2D eigenvalue weighted by molar-refractivity contribution is -0.147. The van der Waals surface area contributed by atoms with Gasteiger partial charge < -0.3 is 23.3 Å². The smallest absolute Gasteiger partial charge is 0.302 e. The van der Waals surface area contributed by atoms with Crippen LogP contribution in [0.1, 0.15) is 73.8 Å². The number of Topliss-reactive ketones (excluding diaryl/α,β-unsaturated/α-hetero) is 2. The Morgan fingerprint density at radius 2 is 1.55 bits per heavy atom. The van der Waals surface area contributed by atoms with Crippen LogP contribution in [0.25, 0.3) is 21.8 Å². The van der Waals surface area contributed by atoms with Crippen LogP contribution in [0.15, 0.2) is 48.2 Å². The van der Waals surface area contributed by atoms with E-state index in [-0.39, 0.29) is 77.9 Å². The fourth-order valence-electron chi connectivity index (χ4n) is 12.3. The van der Waals surface area contributed by atoms with Crippen molar-refractivity contribution < 1.29 is 28.6 Å². The van der Waals surface area contributed by atoms with Crippen LogP contribution in [-0.4, -0.2) is 83.0 Å². The SMILES string of the molecule is COc1ccc2c(c1C[C@H](C(C)=O)[C@@H]1C[C@H]3c4c(c5ccccc5n4C)C[C@@H]([C@@H]1COC(C)=O)N3C)c1c(n2C)[C@@H]2C[C@H]3C(C(C)=O)=COC[C@H]3[C@H](C1)N2C. The summed E-state index contributed by atoms with van der Waals surface area (Å²) in [5, 5.41) is 2.49. The molecule has 290 valence electrons. The van der Waals surface area contributed by atoms with Crippen LogP contribution in [-0.2, 0) is 57.2 Å². The molecule has 4 bridgehead atoms. The van der Waals surface area contributed by atoms with Crippen molar-refractivity contribution in [2.75, 3.05) is 34.4 Å². The molecule has 0 unspecified atom stereocenters. The summed E-state index contributed by atoms with van der Waals surface area (Å²) in [7, 11) is 10.5. The number of allylic oxidation sites excluding steroid dienone is 1. The van der Waals surface area contributed by atoms with Crippen molar-refractivity contribution in [1.82, 2.24) is 18.9 Å². The molecule has 0 radical (unpaired) electrons. The lowest BCUT2D eigenvalue weighted by Gasteiger charge is -2.53. The summed E-state index contributed by atoms with van der Waals surface area (Å²) in [6.07, 6.45) is 5.57. The van der Waals surface area contributed by atoms with Crippen molar-refractivity contribution in [2.24, 2.45) is 43.7 Å². The van der Waals surface area contributed by atoms with Crippen LogP contribution < -0.4 is 4.74 Å². The van der Waals surface area contributed by atoms with Crippen molar-refractivity contribution in [3.8, 4) is 5.75 Å². The number of nitrogens with zero attached hydrogens (tertiary/aromatic N) is 4. The van der Waals surface area contributed by atoms with E-state index in [1.165, 1.54) is 45.7 Å². The van der Waals surface area contributed by atoms with Crippen molar-refractivity contribution in [1.29, 1.82) is 0 Å². The monoisotopic (exact) mass is 746 g/mol. The van der Waals surface area contributed by atoms with Crippen LogP contribution in [0.2, 0.25) is 0 Å². The van der Waals surface area contributed by atoms with Gasteiger partial charge in [0.15, 0.2) is 5.78 Å². The van der Waals surface area contributed by atoms with E-state index in [0.717, 1.165) is 48.1 Å². The molecule has 2 fully saturated rings. The number of carbonyl (C=O) groups is 3. The molecule has 0 amide bonds. The molecule has 2 aromatic carbocycles. The second kappa shape index (κ2) is 13.4. The number of esters is 1. The van der Waals surface area contributed by atoms with Crippen molar-refractivity contribution in [3.63, 3.8) is 0 Å². The highest BCUT2D eigenvalue weighted by molar-refractivity contribution is 5.94. The minimum atomic E-state index is -0.309. The molecule has 0 aliphatic carbocycles. The van der Waals surface area contributed by atoms with Gasteiger partial charge in [0.25, 0.3) is 0 Å². The Kier molecular flexibility index (Phi) is 8.81. The number of methoxy groups -OCH3 is 1. The zero-order chi connectivity index (χ0) is 38.6. The summed E-state index contributed by atoms with van der Waals surface area (Å²) < 4.78 is 22.7. The van der Waals surface area contributed by atoms with Crippen LogP contribution in [0, 0.1) is 29.6 Å². The third kappa shape index (κ3) is 5.37. The number of carbonyl (C=O) groups excluding carboxylic acids is 3. The van der Waals surface area contributed by atoms with Gasteiger partial charge in [0, 0.05) is 95.2 Å². The summed E-state index contributed by atoms with van der Waals surface area (Å²) >= 11 is 0. The Morgan fingerprint density at radius 3 is 2.27 bits per heavy atom. The molecule has 2 saturated heterocycles. The summed E-state index contributed by atoms with van der Waals surface area (Å²) in [5.41, 5.74) is 9.60. The van der Waals surface area contributed by atoms with E-state index < -0.39 is 0 Å². The number of aryl methyl sites for hydroxylation is 2. The number of aromatic nitrogens is 2. The highest BCUT2D eigenvalue weighted by Crippen LogP contribution is 2.54. The Morgan fingerprint density at radius 1 is 0.855 bits per heavy atom. The summed E-state index contributed by atoms with van der Waals surface area (Å²) in [5.74, 6) is 0.791. The van der Waals surface area contributed by atoms with Crippen molar-refractivity contribution in [2.45, 2.75) is 77.0 Å². The molecule has 10 heteroatoms. The molecule has 2 aromatic heterocycles. The van der Waals surface area contributed by atoms with Crippen molar-refractivity contribution in [3.05, 3.63) is 76.3 Å². The Bertz CT molecular complexity index is 2280. The average molecular weight is 747 g/mol. The molecule has 9 rings (SSSR count). The molecule has 0 N–H and O–H groups in total. The maximum absolute atomic E-state index is 14.2. The molecule has 9 atom stereocenters. The first-order valence-electron chi connectivity index (χ1n) is 20.0. The number of ketones is 2. The zero-order valence-electron chi connectivity index (χ0n) is 33.4. The first-order chi connectivity index (χ1) is 26.4. The number of hydrogen-bond donors (Lipinski definition) is 0. The van der Waals surface area contributed by atoms with Crippen LogP contribution in [0.4, 0.5) is 0 Å². The third-order valence-electron chi connectivity index (χ3n) is 14.8. The number of piperidine rings is 2. The van der Waals surface area contributed by atoms with Crippen molar-refractivity contribution >= 4 is 39.3 Å². The van der Waals surface area contributed by atoms with Crippen LogP contribution in [0.5, 0.6) is 5.75 Å². The van der Waals surface area contributed by atoms with Gasteiger partial charge >= 0.3 is 5.97 Å². The second-order valence-electron chi connectivity index (χ2n) is 17.2. The molecule has 5 aliphatic heterocycles. The van der Waals surface area contributed by atoms with E-state index in [1.54, 1.807) is 27.2 Å². The Hall–Kier alpha value is -4.41. The minimum Gasteiger partial charge on any atom is -0.500 e. The van der Waals surface area contributed by atoms with Gasteiger partial charge in [0.2, 0.25) is 0 Å². The normalized spacial score (nSPS) is 29.1. The standard InChI is InChI=1S/C45H54N4O6/c1-23(50)27(28-16-40-44-30(26-11-9-10-12-36(26)48(44)6)18-38(46(40)4)35(28)22-55-25(3)52)15-31-42(53-8)14-13-37-43(31)32-19-39-34-21-54-20-33(24(2)51)29(34)17-41(47(39)5)45(32)49(37)7/h9-14,20,27-29,34-35,38-41H,15-19,21-22H2,1-8H3/t27-,28+,29+,34-,35-,38+,39+,40+,41+/m1/s1. The van der Waals surface area contributed by atoms with Crippen LogP contribution >= 0.6 is 0 Å². The summed E-state index contributed by atoms with van der Waals surface area (Å²) in [6, 6.07) is 13.5. The second-order valence-corrected chi connectivity index (χ2v) is 17.2. The molecule has 4 aromatic rings. The van der Waals surface area contributed by atoms with Gasteiger partial charge in [-0.2, -0.15) is 0 Å². The Balaban J connectivity index is 1.15. The predicted octanol–water partition coefficient (Wildman–Crippen LogP) is 6.26. The topological polar surface area (TPSA) is 95.2 Å². The van der Waals surface area contributed by atoms with E-state index in [1.807, 2.05) is 0 Å². The van der Waals surface area contributed by atoms with E-state index in [0.29, 0.717) is 13.0 Å². The average Bonchev–Trinajstić information content (AvgIpc) is 3.59. The number of hydrogen-bond acceptors (Lipinski definition) is 8. The van der Waals surface area contributed by atoms with Gasteiger partial charge in [-0.05, 0) is 101 Å². The van der Waals surface area contributed by atoms with Gasteiger partial charge in [0.1, 0.15) is 11.5 Å². The van der Waals surface area contributed by atoms with E-state index >= 15 is 0 Å². The van der Waals surface area contributed by atoms with Gasteiger partial charge in [-0.1, -0.05) is 18.2 Å². The number of benzene rings is 2. The van der Waals surface area contributed by atoms with E-state index in [9.17, 15) is 14.4 Å². The highest BCUT2D eigenvalue weighted by Gasteiger charge is 2.52. The third-order valence-corrected chi connectivity index (χ3v) is 14.8. The fraction of sp³-hybridized carbons (Fsp3) is 0.533. The molecule has 7 heterocycles. The molecule has 0 spiro atoms. The molecule has 10 nitrogen and oxygen atoms in total. The largest absolute Gasteiger partial charge is 0.500 e. The summed E-state index contributed by atoms with van der Waals surface area (Å²) in [6.45, 7) is 5.77. The van der Waals surface area contributed by atoms with E-state index in [4.69, 9.17) is 14.2 Å². The molecule has 55 heavy (non-hydrogen) atoms. The fourth-order valence-corrected chi connectivity index (χ4v) is 12.3. The molecular formula is C45H54N4O6.